The number of unbranched alkanes of at least 4 members (excludes halogenated alkanes) is 4. The quantitative estimate of drug-likeness (QED) is 0.525. The third kappa shape index (κ3) is 4.95. The van der Waals surface area contributed by atoms with Crippen molar-refractivity contribution in [3.05, 3.63) is 39.4 Å². The van der Waals surface area contributed by atoms with Gasteiger partial charge < -0.3 is 14.0 Å². The molecule has 1 heterocycles. The van der Waals surface area contributed by atoms with E-state index in [4.69, 9.17) is 21.7 Å². The van der Waals surface area contributed by atoms with Crippen LogP contribution in [-0.4, -0.2) is 23.8 Å². The van der Waals surface area contributed by atoms with E-state index in [-0.39, 0.29) is 5.56 Å². The van der Waals surface area contributed by atoms with Gasteiger partial charge in [-0.25, -0.2) is 0 Å². The second-order valence-electron chi connectivity index (χ2n) is 5.96. The predicted octanol–water partition coefficient (Wildman–Crippen LogP) is 4.56. The minimum Gasteiger partial charge on any atom is -0.497 e. The fourth-order valence-corrected chi connectivity index (χ4v) is 3.14. The van der Waals surface area contributed by atoms with E-state index in [1.807, 2.05) is 22.8 Å². The molecule has 25 heavy (non-hydrogen) atoms. The zero-order valence-electron chi connectivity index (χ0n) is 15.1. The topological polar surface area (TPSA) is 56.2 Å². The highest BCUT2D eigenvalue weighted by molar-refractivity contribution is 7.71. The molecular weight excluding hydrogens is 336 g/mol. The number of aromatic amines is 1. The van der Waals surface area contributed by atoms with Crippen LogP contribution in [-0.2, 0) is 6.54 Å². The monoisotopic (exact) mass is 362 g/mol. The predicted molar refractivity (Wildman–Crippen MR) is 103 cm³/mol. The van der Waals surface area contributed by atoms with Gasteiger partial charge in [-0.2, -0.15) is 0 Å². The zero-order valence-corrected chi connectivity index (χ0v) is 15.9. The summed E-state index contributed by atoms with van der Waals surface area (Å²) in [6, 6.07) is 7.14. The van der Waals surface area contributed by atoms with Crippen LogP contribution >= 0.6 is 12.2 Å². The third-order valence-electron chi connectivity index (χ3n) is 4.20. The molecule has 0 atom stereocenters. The Bertz CT molecular complexity index is 811. The minimum absolute atomic E-state index is 0.208. The summed E-state index contributed by atoms with van der Waals surface area (Å²) in [7, 11) is 3.22. The maximum atomic E-state index is 12.0. The second-order valence-corrected chi connectivity index (χ2v) is 6.34. The number of nitrogens with zero attached hydrogens (tertiary/aromatic N) is 1. The Labute approximate surface area is 153 Å². The van der Waals surface area contributed by atoms with Gasteiger partial charge in [0.1, 0.15) is 11.5 Å². The Balaban J connectivity index is 2.40. The van der Waals surface area contributed by atoms with Crippen LogP contribution in [0, 0.1) is 4.77 Å². The molecule has 5 nitrogen and oxygen atoms in total. The maximum Gasteiger partial charge on any atom is 0.252 e. The van der Waals surface area contributed by atoms with Crippen molar-refractivity contribution in [1.29, 1.82) is 0 Å². The summed E-state index contributed by atoms with van der Waals surface area (Å²) in [4.78, 5) is 14.7. The van der Waals surface area contributed by atoms with Crippen LogP contribution in [0.2, 0.25) is 0 Å². The van der Waals surface area contributed by atoms with Crippen molar-refractivity contribution in [3.63, 3.8) is 0 Å². The Morgan fingerprint density at radius 2 is 1.84 bits per heavy atom. The molecule has 0 amide bonds. The molecule has 0 fully saturated rings. The van der Waals surface area contributed by atoms with Crippen LogP contribution in [0.25, 0.3) is 11.3 Å². The molecule has 0 saturated heterocycles. The third-order valence-corrected chi connectivity index (χ3v) is 4.53. The summed E-state index contributed by atoms with van der Waals surface area (Å²) in [6.07, 6.45) is 5.84. The molecule has 0 aliphatic carbocycles. The van der Waals surface area contributed by atoms with Crippen LogP contribution in [0.1, 0.15) is 39.0 Å². The molecule has 1 aromatic carbocycles. The highest BCUT2D eigenvalue weighted by atomic mass is 32.1. The van der Waals surface area contributed by atoms with Gasteiger partial charge in [-0.05, 0) is 30.8 Å². The number of methoxy groups -OCH3 is 2. The van der Waals surface area contributed by atoms with Crippen LogP contribution in [0.15, 0.2) is 29.1 Å². The van der Waals surface area contributed by atoms with Gasteiger partial charge in [-0.3, -0.25) is 9.78 Å². The summed E-state index contributed by atoms with van der Waals surface area (Å²) in [6.45, 7) is 2.97. The number of H-pyrrole nitrogens is 1. The van der Waals surface area contributed by atoms with Gasteiger partial charge in [0.05, 0.1) is 19.9 Å². The Kier molecular flexibility index (Phi) is 7.25. The van der Waals surface area contributed by atoms with E-state index in [1.54, 1.807) is 20.3 Å². The first-order valence-electron chi connectivity index (χ1n) is 8.67. The summed E-state index contributed by atoms with van der Waals surface area (Å²) < 4.78 is 13.2. The van der Waals surface area contributed by atoms with Crippen molar-refractivity contribution in [2.75, 3.05) is 14.2 Å². The lowest BCUT2D eigenvalue weighted by molar-refractivity contribution is 0.395. The molecule has 2 rings (SSSR count). The average Bonchev–Trinajstić information content (AvgIpc) is 2.62. The molecule has 0 spiro atoms. The van der Waals surface area contributed by atoms with E-state index in [1.165, 1.54) is 19.3 Å². The number of ether oxygens (including phenoxy) is 2. The molecule has 6 heteroatoms. The number of nitrogens with one attached hydrogen (secondary N) is 1. The van der Waals surface area contributed by atoms with Crippen LogP contribution in [0.5, 0.6) is 11.5 Å². The van der Waals surface area contributed by atoms with Gasteiger partial charge >= 0.3 is 0 Å². The molecule has 0 bridgehead atoms. The van der Waals surface area contributed by atoms with Crippen molar-refractivity contribution in [2.24, 2.45) is 0 Å². The molecular formula is C19H26N2O3S. The largest absolute Gasteiger partial charge is 0.497 e. The van der Waals surface area contributed by atoms with Crippen LogP contribution in [0.3, 0.4) is 0 Å². The summed E-state index contributed by atoms with van der Waals surface area (Å²) >= 11 is 5.40. The zero-order chi connectivity index (χ0) is 18.2. The summed E-state index contributed by atoms with van der Waals surface area (Å²) in [5, 5.41) is 0. The van der Waals surface area contributed by atoms with E-state index in [9.17, 15) is 4.79 Å². The lowest BCUT2D eigenvalue weighted by Crippen LogP contribution is -2.15. The molecule has 136 valence electrons. The lowest BCUT2D eigenvalue weighted by atomic mass is 10.1. The van der Waals surface area contributed by atoms with E-state index in [0.717, 1.165) is 30.6 Å². The second kappa shape index (κ2) is 9.42. The van der Waals surface area contributed by atoms with E-state index in [2.05, 4.69) is 11.9 Å². The molecule has 0 saturated carbocycles. The first-order chi connectivity index (χ1) is 12.1. The van der Waals surface area contributed by atoms with Crippen molar-refractivity contribution < 1.29 is 9.47 Å². The van der Waals surface area contributed by atoms with Crippen molar-refractivity contribution in [3.8, 4) is 22.8 Å². The van der Waals surface area contributed by atoms with Crippen LogP contribution < -0.4 is 15.0 Å². The highest BCUT2D eigenvalue weighted by Crippen LogP contribution is 2.32. The van der Waals surface area contributed by atoms with Gasteiger partial charge in [0.25, 0.3) is 5.56 Å². The highest BCUT2D eigenvalue weighted by Gasteiger charge is 2.13. The Morgan fingerprint density at radius 1 is 1.08 bits per heavy atom. The molecule has 1 N–H and O–H groups in total. The smallest absolute Gasteiger partial charge is 0.252 e. The Morgan fingerprint density at radius 3 is 2.52 bits per heavy atom. The molecule has 1 aromatic heterocycles. The summed E-state index contributed by atoms with van der Waals surface area (Å²) in [5.41, 5.74) is 1.39. The van der Waals surface area contributed by atoms with E-state index >= 15 is 0 Å². The number of hydrogen-bond acceptors (Lipinski definition) is 4. The first-order valence-corrected chi connectivity index (χ1v) is 9.08. The van der Waals surface area contributed by atoms with Gasteiger partial charge in [0.15, 0.2) is 4.77 Å². The normalized spacial score (nSPS) is 10.7. The lowest BCUT2D eigenvalue weighted by Gasteiger charge is -2.16. The average molecular weight is 362 g/mol. The number of benzene rings is 1. The molecule has 0 aliphatic rings. The van der Waals surface area contributed by atoms with Crippen molar-refractivity contribution >= 4 is 12.2 Å². The van der Waals surface area contributed by atoms with E-state index in [0.29, 0.717) is 16.3 Å². The van der Waals surface area contributed by atoms with Crippen molar-refractivity contribution in [2.45, 2.75) is 45.6 Å². The maximum absolute atomic E-state index is 12.0. The van der Waals surface area contributed by atoms with Gasteiger partial charge in [-0.1, -0.05) is 32.6 Å². The fraction of sp³-hybridized carbons (Fsp3) is 0.474. The minimum atomic E-state index is -0.208. The molecule has 0 aliphatic heterocycles. The standard InChI is InChI=1S/C19H26N2O3S/c1-4-5-6-7-8-11-21-16(13-18(22)20-19(21)25)15-10-9-14(23-2)12-17(15)24-3/h9-10,12-13H,4-8,11H2,1-3H3,(H,20,22,25). The molecule has 2 aromatic rings. The van der Waals surface area contributed by atoms with E-state index < -0.39 is 0 Å². The van der Waals surface area contributed by atoms with Crippen LogP contribution in [0.4, 0.5) is 0 Å². The van der Waals surface area contributed by atoms with Gasteiger partial charge in [0, 0.05) is 24.2 Å². The number of rotatable bonds is 9. The summed E-state index contributed by atoms with van der Waals surface area (Å²) in [5.74, 6) is 1.36. The van der Waals surface area contributed by atoms with Gasteiger partial charge in [0.2, 0.25) is 0 Å². The number of aromatic nitrogens is 2. The Hall–Kier alpha value is -2.08. The number of hydrogen-bond donors (Lipinski definition) is 1. The molecule has 0 unspecified atom stereocenters. The molecule has 0 radical (unpaired) electrons. The van der Waals surface area contributed by atoms with Gasteiger partial charge in [-0.15, -0.1) is 0 Å². The SMILES string of the molecule is CCCCCCCn1c(-c2ccc(OC)cc2OC)cc(=O)[nH]c1=S. The fourth-order valence-electron chi connectivity index (χ4n) is 2.85. The first kappa shape index (κ1) is 19.2. The van der Waals surface area contributed by atoms with Crippen molar-refractivity contribution in [1.82, 2.24) is 9.55 Å².